The normalized spacial score (nSPS) is 12.7. The Bertz CT molecular complexity index is 864. The van der Waals surface area contributed by atoms with E-state index >= 15 is 0 Å². The number of aliphatic hydroxyl groups is 1. The number of carbonyl (C=O) groups is 1. The molecular formula is C19H19N3O4. The third-order valence-electron chi connectivity index (χ3n) is 3.49. The van der Waals surface area contributed by atoms with E-state index in [1.54, 1.807) is 51.1 Å². The van der Waals surface area contributed by atoms with Gasteiger partial charge in [0, 0.05) is 23.1 Å². The molecule has 0 radical (unpaired) electrons. The molecule has 0 aliphatic carbocycles. The first-order chi connectivity index (χ1) is 12.2. The maximum absolute atomic E-state index is 12.7. The van der Waals surface area contributed by atoms with Gasteiger partial charge >= 0.3 is 0 Å². The number of non-ortho nitro benzene ring substituents is 1. The first kappa shape index (κ1) is 19.0. The van der Waals surface area contributed by atoms with Crippen LogP contribution in [0.2, 0.25) is 0 Å². The smallest absolute Gasteiger partial charge is 0.269 e. The van der Waals surface area contributed by atoms with E-state index in [1.807, 2.05) is 0 Å². The Kier molecular flexibility index (Phi) is 5.61. The second-order valence-electron chi connectivity index (χ2n) is 6.62. The summed E-state index contributed by atoms with van der Waals surface area (Å²) in [5.41, 5.74) is -0.231. The van der Waals surface area contributed by atoms with Crippen LogP contribution in [0.1, 0.15) is 26.3 Å². The van der Waals surface area contributed by atoms with Crippen molar-refractivity contribution >= 4 is 22.9 Å². The van der Waals surface area contributed by atoms with Crippen molar-refractivity contribution in [3.8, 4) is 0 Å². The van der Waals surface area contributed by atoms with Crippen LogP contribution in [0.15, 0.2) is 70.5 Å². The monoisotopic (exact) mass is 353 g/mol. The lowest BCUT2D eigenvalue weighted by Crippen LogP contribution is -2.22. The highest BCUT2D eigenvalue weighted by molar-refractivity contribution is 6.03. The lowest BCUT2D eigenvalue weighted by molar-refractivity contribution is -0.384. The molecule has 0 bridgehead atoms. The Labute approximate surface area is 150 Å². The second kappa shape index (κ2) is 7.69. The zero-order valence-corrected chi connectivity index (χ0v) is 14.7. The van der Waals surface area contributed by atoms with Crippen LogP contribution in [-0.4, -0.2) is 15.8 Å². The number of azo groups is 1. The van der Waals surface area contributed by atoms with Gasteiger partial charge < -0.3 is 5.11 Å². The SMILES string of the molecule is CC(C)(C)C(=O)/C(N=Nc1ccc([N+](=O)[O-])cc1)=C(/O)c1ccccc1. The van der Waals surface area contributed by atoms with Crippen LogP contribution in [0.5, 0.6) is 0 Å². The molecule has 0 saturated heterocycles. The number of hydrogen-bond acceptors (Lipinski definition) is 6. The summed E-state index contributed by atoms with van der Waals surface area (Å²) in [5, 5.41) is 29.1. The fourth-order valence-corrected chi connectivity index (χ4v) is 2.04. The number of ketones is 1. The number of rotatable bonds is 5. The molecule has 0 aliphatic rings. The number of hydrogen-bond donors (Lipinski definition) is 1. The van der Waals surface area contributed by atoms with E-state index < -0.39 is 10.3 Å². The summed E-state index contributed by atoms with van der Waals surface area (Å²) < 4.78 is 0. The summed E-state index contributed by atoms with van der Waals surface area (Å²) in [6.45, 7) is 5.15. The van der Waals surface area contributed by atoms with Gasteiger partial charge in [-0.25, -0.2) is 0 Å². The van der Waals surface area contributed by atoms with Gasteiger partial charge in [0.05, 0.1) is 10.6 Å². The molecule has 0 fully saturated rings. The van der Waals surface area contributed by atoms with Crippen LogP contribution in [0.4, 0.5) is 11.4 Å². The number of nitrogens with zero attached hydrogens (tertiary/aromatic N) is 3. The molecule has 2 aromatic carbocycles. The van der Waals surface area contributed by atoms with Crippen LogP contribution in [0.25, 0.3) is 5.76 Å². The van der Waals surface area contributed by atoms with Gasteiger partial charge in [0.25, 0.3) is 5.69 Å². The fraction of sp³-hybridized carbons (Fsp3) is 0.211. The van der Waals surface area contributed by atoms with Crippen LogP contribution in [0, 0.1) is 15.5 Å². The summed E-state index contributed by atoms with van der Waals surface area (Å²) in [4.78, 5) is 22.9. The van der Waals surface area contributed by atoms with Crippen LogP contribution >= 0.6 is 0 Å². The Morgan fingerprint density at radius 3 is 2.12 bits per heavy atom. The third-order valence-corrected chi connectivity index (χ3v) is 3.49. The number of nitro groups is 1. The Morgan fingerprint density at radius 2 is 1.62 bits per heavy atom. The first-order valence-electron chi connectivity index (χ1n) is 7.90. The van der Waals surface area contributed by atoms with E-state index in [0.717, 1.165) is 0 Å². The first-order valence-corrected chi connectivity index (χ1v) is 7.90. The van der Waals surface area contributed by atoms with Gasteiger partial charge in [-0.15, -0.1) is 5.11 Å². The standard InChI is InChI=1S/C19H19N3O4/c1-19(2,3)18(24)16(17(23)13-7-5-4-6-8-13)21-20-14-9-11-15(12-10-14)22(25)26/h4-12,23H,1-3H3/b17-16-,21-20?. The number of benzene rings is 2. The average molecular weight is 353 g/mol. The second-order valence-corrected chi connectivity index (χ2v) is 6.62. The predicted molar refractivity (Wildman–Crippen MR) is 98.1 cm³/mol. The molecule has 7 heteroatoms. The largest absolute Gasteiger partial charge is 0.505 e. The Hall–Kier alpha value is -3.35. The van der Waals surface area contributed by atoms with Gasteiger partial charge in [-0.1, -0.05) is 51.1 Å². The Morgan fingerprint density at radius 1 is 1.04 bits per heavy atom. The lowest BCUT2D eigenvalue weighted by atomic mass is 9.88. The van der Waals surface area contributed by atoms with E-state index in [9.17, 15) is 20.0 Å². The van der Waals surface area contributed by atoms with Crippen molar-refractivity contribution in [3.05, 3.63) is 76.0 Å². The zero-order chi connectivity index (χ0) is 19.3. The summed E-state index contributed by atoms with van der Waals surface area (Å²) in [7, 11) is 0. The van der Waals surface area contributed by atoms with Crippen molar-refractivity contribution in [1.29, 1.82) is 0 Å². The van der Waals surface area contributed by atoms with E-state index in [-0.39, 0.29) is 22.9 Å². The number of aliphatic hydroxyl groups excluding tert-OH is 1. The summed E-state index contributed by atoms with van der Waals surface area (Å²) in [6.07, 6.45) is 0. The minimum absolute atomic E-state index is 0.0717. The molecular weight excluding hydrogens is 334 g/mol. The number of Topliss-reactive ketones (excluding diaryl/α,β-unsaturated/α-hetero) is 1. The summed E-state index contributed by atoms with van der Waals surface area (Å²) in [6, 6.07) is 14.0. The van der Waals surface area contributed by atoms with E-state index in [2.05, 4.69) is 10.2 Å². The molecule has 1 N–H and O–H groups in total. The van der Waals surface area contributed by atoms with Gasteiger partial charge in [-0.05, 0) is 12.1 Å². The molecule has 0 saturated carbocycles. The predicted octanol–water partition coefficient (Wildman–Crippen LogP) is 5.22. The molecule has 134 valence electrons. The number of nitro benzene ring substituents is 1. The van der Waals surface area contributed by atoms with Crippen molar-refractivity contribution in [3.63, 3.8) is 0 Å². The zero-order valence-electron chi connectivity index (χ0n) is 14.7. The van der Waals surface area contributed by atoms with Gasteiger partial charge in [0.15, 0.2) is 17.2 Å². The summed E-state index contributed by atoms with van der Waals surface area (Å²) in [5.74, 6) is -0.638. The molecule has 2 rings (SSSR count). The van der Waals surface area contributed by atoms with E-state index in [4.69, 9.17) is 0 Å². The van der Waals surface area contributed by atoms with Crippen molar-refractivity contribution in [1.82, 2.24) is 0 Å². The van der Waals surface area contributed by atoms with Crippen molar-refractivity contribution < 1.29 is 14.8 Å². The molecule has 0 spiro atoms. The van der Waals surface area contributed by atoms with Gasteiger partial charge in [-0.2, -0.15) is 5.11 Å². The van der Waals surface area contributed by atoms with E-state index in [1.165, 1.54) is 24.3 Å². The van der Waals surface area contributed by atoms with Crippen LogP contribution < -0.4 is 0 Å². The highest BCUT2D eigenvalue weighted by atomic mass is 16.6. The molecule has 0 amide bonds. The summed E-state index contributed by atoms with van der Waals surface area (Å²) >= 11 is 0. The highest BCUT2D eigenvalue weighted by Gasteiger charge is 2.28. The molecule has 2 aromatic rings. The molecule has 26 heavy (non-hydrogen) atoms. The molecule has 0 aromatic heterocycles. The van der Waals surface area contributed by atoms with Crippen LogP contribution in [-0.2, 0) is 4.79 Å². The highest BCUT2D eigenvalue weighted by Crippen LogP contribution is 2.28. The fourth-order valence-electron chi connectivity index (χ4n) is 2.04. The third kappa shape index (κ3) is 4.60. The van der Waals surface area contributed by atoms with E-state index in [0.29, 0.717) is 11.3 Å². The maximum Gasteiger partial charge on any atom is 0.269 e. The van der Waals surface area contributed by atoms with Crippen LogP contribution in [0.3, 0.4) is 0 Å². The maximum atomic E-state index is 12.7. The molecule has 0 unspecified atom stereocenters. The van der Waals surface area contributed by atoms with Gasteiger partial charge in [0.2, 0.25) is 0 Å². The number of carbonyl (C=O) groups excluding carboxylic acids is 1. The molecule has 0 heterocycles. The van der Waals surface area contributed by atoms with Crippen molar-refractivity contribution in [2.75, 3.05) is 0 Å². The van der Waals surface area contributed by atoms with Gasteiger partial charge in [0.1, 0.15) is 0 Å². The Balaban J connectivity index is 2.45. The number of allylic oxidation sites excluding steroid dienone is 1. The van der Waals surface area contributed by atoms with Crippen molar-refractivity contribution in [2.45, 2.75) is 20.8 Å². The molecule has 0 aliphatic heterocycles. The lowest BCUT2D eigenvalue weighted by Gasteiger charge is -2.17. The molecule has 7 nitrogen and oxygen atoms in total. The molecule has 0 atom stereocenters. The van der Waals surface area contributed by atoms with Gasteiger partial charge in [-0.3, -0.25) is 14.9 Å². The minimum Gasteiger partial charge on any atom is -0.505 e. The average Bonchev–Trinajstić information content (AvgIpc) is 2.61. The quantitative estimate of drug-likeness (QED) is 0.261. The minimum atomic E-state index is -0.771. The topological polar surface area (TPSA) is 105 Å². The van der Waals surface area contributed by atoms with Crippen molar-refractivity contribution in [2.24, 2.45) is 15.6 Å².